The zero-order chi connectivity index (χ0) is 19.3. The molecule has 0 saturated heterocycles. The SMILES string of the molecule is O=C(O)C=Cc1ccc(OCCO)cc1.c1ccc(-c2ccccc2)cc1. The lowest BCUT2D eigenvalue weighted by Crippen LogP contribution is -2.01. The second-order valence-electron chi connectivity index (χ2n) is 5.54. The van der Waals surface area contributed by atoms with Gasteiger partial charge in [-0.2, -0.15) is 0 Å². The molecule has 27 heavy (non-hydrogen) atoms. The molecule has 0 saturated carbocycles. The molecule has 0 aliphatic carbocycles. The maximum atomic E-state index is 10.2. The Bertz CT molecular complexity index is 788. The Hall–Kier alpha value is -3.37. The average Bonchev–Trinajstić information content (AvgIpc) is 2.73. The molecule has 0 aliphatic rings. The Morgan fingerprint density at radius 2 is 1.33 bits per heavy atom. The summed E-state index contributed by atoms with van der Waals surface area (Å²) in [4.78, 5) is 10.2. The van der Waals surface area contributed by atoms with E-state index < -0.39 is 5.97 Å². The molecule has 0 amide bonds. The molecule has 0 bridgehead atoms. The molecule has 3 rings (SSSR count). The van der Waals surface area contributed by atoms with Crippen molar-refractivity contribution >= 4 is 12.0 Å². The van der Waals surface area contributed by atoms with Gasteiger partial charge in [0.1, 0.15) is 12.4 Å². The number of carboxylic acid groups (broad SMARTS) is 1. The first-order valence-corrected chi connectivity index (χ1v) is 8.54. The number of rotatable bonds is 6. The summed E-state index contributed by atoms with van der Waals surface area (Å²) >= 11 is 0. The topological polar surface area (TPSA) is 66.8 Å². The third-order valence-corrected chi connectivity index (χ3v) is 3.54. The molecule has 0 radical (unpaired) electrons. The van der Waals surface area contributed by atoms with Gasteiger partial charge in [0, 0.05) is 6.08 Å². The van der Waals surface area contributed by atoms with E-state index in [2.05, 4.69) is 48.5 Å². The van der Waals surface area contributed by atoms with Gasteiger partial charge in [-0.3, -0.25) is 0 Å². The van der Waals surface area contributed by atoms with Gasteiger partial charge in [-0.05, 0) is 34.9 Å². The zero-order valence-electron chi connectivity index (χ0n) is 14.9. The van der Waals surface area contributed by atoms with Crippen molar-refractivity contribution < 1.29 is 19.7 Å². The van der Waals surface area contributed by atoms with Crippen molar-refractivity contribution in [2.24, 2.45) is 0 Å². The molecule has 0 aromatic heterocycles. The first-order valence-electron chi connectivity index (χ1n) is 8.54. The first-order chi connectivity index (χ1) is 13.2. The number of aliphatic hydroxyl groups excluding tert-OH is 1. The van der Waals surface area contributed by atoms with E-state index in [1.807, 2.05) is 12.1 Å². The summed E-state index contributed by atoms with van der Waals surface area (Å²) in [7, 11) is 0. The lowest BCUT2D eigenvalue weighted by atomic mass is 10.1. The van der Waals surface area contributed by atoms with E-state index in [0.717, 1.165) is 11.6 Å². The van der Waals surface area contributed by atoms with Crippen LogP contribution in [0.3, 0.4) is 0 Å². The quantitative estimate of drug-likeness (QED) is 0.633. The number of hydrogen-bond acceptors (Lipinski definition) is 3. The van der Waals surface area contributed by atoms with E-state index in [1.165, 1.54) is 17.2 Å². The van der Waals surface area contributed by atoms with Crippen LogP contribution in [0, 0.1) is 0 Å². The highest BCUT2D eigenvalue weighted by atomic mass is 16.5. The molecule has 0 aliphatic heterocycles. The highest BCUT2D eigenvalue weighted by Gasteiger charge is 1.94. The molecular formula is C23H22O4. The molecule has 0 unspecified atom stereocenters. The minimum absolute atomic E-state index is 0.0271. The lowest BCUT2D eigenvalue weighted by Gasteiger charge is -2.03. The minimum Gasteiger partial charge on any atom is -0.491 e. The van der Waals surface area contributed by atoms with Gasteiger partial charge in [0.25, 0.3) is 0 Å². The maximum absolute atomic E-state index is 10.2. The molecule has 0 heterocycles. The zero-order valence-corrected chi connectivity index (χ0v) is 14.9. The van der Waals surface area contributed by atoms with Crippen LogP contribution in [0.1, 0.15) is 5.56 Å². The van der Waals surface area contributed by atoms with Crippen molar-refractivity contribution in [2.45, 2.75) is 0 Å². The number of aliphatic carboxylic acids is 1. The Morgan fingerprint density at radius 1 is 0.815 bits per heavy atom. The van der Waals surface area contributed by atoms with Crippen LogP contribution in [-0.4, -0.2) is 29.4 Å². The van der Waals surface area contributed by atoms with Crippen molar-refractivity contribution in [1.29, 1.82) is 0 Å². The summed E-state index contributed by atoms with van der Waals surface area (Å²) in [6, 6.07) is 27.7. The van der Waals surface area contributed by atoms with Gasteiger partial charge in [0.2, 0.25) is 0 Å². The van der Waals surface area contributed by atoms with Crippen molar-refractivity contribution in [3.05, 3.63) is 96.6 Å². The Balaban J connectivity index is 0.000000198. The van der Waals surface area contributed by atoms with Gasteiger partial charge >= 0.3 is 5.97 Å². The second-order valence-corrected chi connectivity index (χ2v) is 5.54. The summed E-state index contributed by atoms with van der Waals surface area (Å²) in [6.07, 6.45) is 2.57. The van der Waals surface area contributed by atoms with Crippen LogP contribution in [0.5, 0.6) is 5.75 Å². The van der Waals surface area contributed by atoms with E-state index >= 15 is 0 Å². The van der Waals surface area contributed by atoms with E-state index in [-0.39, 0.29) is 13.2 Å². The smallest absolute Gasteiger partial charge is 0.328 e. The fraction of sp³-hybridized carbons (Fsp3) is 0.0870. The molecule has 0 atom stereocenters. The fourth-order valence-electron chi connectivity index (χ4n) is 2.27. The lowest BCUT2D eigenvalue weighted by molar-refractivity contribution is -0.131. The van der Waals surface area contributed by atoms with Crippen LogP contribution >= 0.6 is 0 Å². The molecule has 3 aromatic rings. The molecule has 4 nitrogen and oxygen atoms in total. The maximum Gasteiger partial charge on any atom is 0.328 e. The van der Waals surface area contributed by atoms with Crippen LogP contribution in [0.15, 0.2) is 91.0 Å². The Labute approximate surface area is 159 Å². The summed E-state index contributed by atoms with van der Waals surface area (Å²) in [5.74, 6) is -0.327. The van der Waals surface area contributed by atoms with Crippen LogP contribution in [-0.2, 0) is 4.79 Å². The number of hydrogen-bond donors (Lipinski definition) is 2. The number of carboxylic acids is 1. The van der Waals surface area contributed by atoms with Crippen molar-refractivity contribution in [2.75, 3.05) is 13.2 Å². The molecule has 3 aromatic carbocycles. The van der Waals surface area contributed by atoms with E-state index in [1.54, 1.807) is 24.3 Å². The first kappa shape index (κ1) is 19.9. The summed E-state index contributed by atoms with van der Waals surface area (Å²) in [5, 5.41) is 16.9. The Morgan fingerprint density at radius 3 is 1.78 bits per heavy atom. The number of aliphatic hydroxyl groups is 1. The molecule has 0 spiro atoms. The van der Waals surface area contributed by atoms with Gasteiger partial charge in [0.15, 0.2) is 0 Å². The minimum atomic E-state index is -0.976. The molecular weight excluding hydrogens is 340 g/mol. The third kappa shape index (κ3) is 7.59. The van der Waals surface area contributed by atoms with E-state index in [4.69, 9.17) is 14.9 Å². The van der Waals surface area contributed by atoms with Gasteiger partial charge < -0.3 is 14.9 Å². The summed E-state index contributed by atoms with van der Waals surface area (Å²) < 4.78 is 5.15. The fourth-order valence-corrected chi connectivity index (χ4v) is 2.27. The van der Waals surface area contributed by atoms with Gasteiger partial charge in [-0.1, -0.05) is 72.8 Å². The molecule has 4 heteroatoms. The number of benzene rings is 3. The molecule has 0 fully saturated rings. The van der Waals surface area contributed by atoms with Gasteiger partial charge in [-0.15, -0.1) is 0 Å². The highest BCUT2D eigenvalue weighted by molar-refractivity contribution is 5.85. The van der Waals surface area contributed by atoms with Crippen LogP contribution in [0.2, 0.25) is 0 Å². The van der Waals surface area contributed by atoms with Crippen molar-refractivity contribution in [3.8, 4) is 16.9 Å². The third-order valence-electron chi connectivity index (χ3n) is 3.54. The van der Waals surface area contributed by atoms with Gasteiger partial charge in [0.05, 0.1) is 6.61 Å². The highest BCUT2D eigenvalue weighted by Crippen LogP contribution is 2.17. The van der Waals surface area contributed by atoms with E-state index in [0.29, 0.717) is 5.75 Å². The average molecular weight is 362 g/mol. The molecule has 2 N–H and O–H groups in total. The standard InChI is InChI=1S/C12H10.C11H12O4/c1-3-7-11(8-4-1)12-9-5-2-6-10-12;12-7-8-15-10-4-1-9(2-5-10)3-6-11(13)14/h1-10H;1-6,12H,7-8H2,(H,13,14). The molecule has 138 valence electrons. The predicted octanol–water partition coefficient (Wildman–Crippen LogP) is 4.51. The van der Waals surface area contributed by atoms with Crippen LogP contribution < -0.4 is 4.74 Å². The normalized spacial score (nSPS) is 10.1. The monoisotopic (exact) mass is 362 g/mol. The predicted molar refractivity (Wildman–Crippen MR) is 108 cm³/mol. The van der Waals surface area contributed by atoms with Crippen molar-refractivity contribution in [3.63, 3.8) is 0 Å². The van der Waals surface area contributed by atoms with E-state index in [9.17, 15) is 4.79 Å². The summed E-state index contributed by atoms with van der Waals surface area (Å²) in [5.41, 5.74) is 3.34. The van der Waals surface area contributed by atoms with Crippen LogP contribution in [0.25, 0.3) is 17.2 Å². The summed E-state index contributed by atoms with van der Waals surface area (Å²) in [6.45, 7) is 0.227. The number of ether oxygens (including phenoxy) is 1. The van der Waals surface area contributed by atoms with Crippen molar-refractivity contribution in [1.82, 2.24) is 0 Å². The number of carbonyl (C=O) groups is 1. The van der Waals surface area contributed by atoms with Crippen LogP contribution in [0.4, 0.5) is 0 Å². The van der Waals surface area contributed by atoms with Gasteiger partial charge in [-0.25, -0.2) is 4.79 Å². The second kappa shape index (κ2) is 11.3. The Kier molecular flexibility index (Phi) is 8.34. The largest absolute Gasteiger partial charge is 0.491 e.